The van der Waals surface area contributed by atoms with Crippen LogP contribution < -0.4 is 10.1 Å². The molecule has 2 aromatic rings. The first-order chi connectivity index (χ1) is 14.3. The van der Waals surface area contributed by atoms with Gasteiger partial charge in [0.05, 0.1) is 5.41 Å². The van der Waals surface area contributed by atoms with Crippen LogP contribution in [0.3, 0.4) is 0 Å². The van der Waals surface area contributed by atoms with Crippen molar-refractivity contribution in [3.8, 4) is 5.75 Å². The molecule has 0 saturated heterocycles. The van der Waals surface area contributed by atoms with Gasteiger partial charge in [0.2, 0.25) is 0 Å². The van der Waals surface area contributed by atoms with Crippen molar-refractivity contribution in [2.24, 2.45) is 23.2 Å². The first-order valence-corrected chi connectivity index (χ1v) is 11.0. The highest BCUT2D eigenvalue weighted by atomic mass is 16.5. The summed E-state index contributed by atoms with van der Waals surface area (Å²) in [4.78, 5) is 25.1. The maximum absolute atomic E-state index is 13.2. The third kappa shape index (κ3) is 3.15. The molecular weight excluding hydrogens is 378 g/mol. The van der Waals surface area contributed by atoms with Gasteiger partial charge in [0, 0.05) is 6.04 Å². The van der Waals surface area contributed by atoms with Crippen LogP contribution in [0, 0.1) is 23.2 Å². The molecule has 4 bridgehead atoms. The molecule has 4 saturated carbocycles. The largest absolute Gasteiger partial charge is 0.481 e. The van der Waals surface area contributed by atoms with Crippen LogP contribution in [0.2, 0.25) is 0 Å². The van der Waals surface area contributed by atoms with Crippen LogP contribution >= 0.6 is 0 Å². The van der Waals surface area contributed by atoms with E-state index in [1.165, 1.54) is 0 Å². The molecule has 0 aliphatic heterocycles. The quantitative estimate of drug-likeness (QED) is 0.771. The second-order valence-corrected chi connectivity index (χ2v) is 10.2. The minimum absolute atomic E-state index is 0.0565. The van der Waals surface area contributed by atoms with Gasteiger partial charge in [-0.15, -0.1) is 0 Å². The SMILES string of the molecule is CC(C)(Oc1ccc2ccccc2c1)C(=O)NC1C2CC3CC1CC(C(=O)O)(C3)C2. The van der Waals surface area contributed by atoms with E-state index in [1.54, 1.807) is 13.8 Å². The normalized spacial score (nSPS) is 32.2. The number of fused-ring (bicyclic) bond motifs is 1. The second-order valence-electron chi connectivity index (χ2n) is 10.2. The summed E-state index contributed by atoms with van der Waals surface area (Å²) in [7, 11) is 0. The molecule has 30 heavy (non-hydrogen) atoms. The monoisotopic (exact) mass is 407 g/mol. The van der Waals surface area contributed by atoms with E-state index in [4.69, 9.17) is 4.74 Å². The predicted molar refractivity (Wildman–Crippen MR) is 114 cm³/mol. The average Bonchev–Trinajstić information content (AvgIpc) is 2.69. The van der Waals surface area contributed by atoms with Crippen molar-refractivity contribution in [3.05, 3.63) is 42.5 Å². The molecule has 0 radical (unpaired) electrons. The molecular formula is C25H29NO4. The van der Waals surface area contributed by atoms with Crippen LogP contribution in [0.5, 0.6) is 5.75 Å². The van der Waals surface area contributed by atoms with Crippen molar-refractivity contribution >= 4 is 22.6 Å². The number of carboxylic acid groups (broad SMARTS) is 1. The Labute approximate surface area is 176 Å². The van der Waals surface area contributed by atoms with Gasteiger partial charge in [0.25, 0.3) is 5.91 Å². The van der Waals surface area contributed by atoms with Gasteiger partial charge in [0.15, 0.2) is 5.60 Å². The predicted octanol–water partition coefficient (Wildman–Crippen LogP) is 4.39. The number of amides is 1. The summed E-state index contributed by atoms with van der Waals surface area (Å²) in [5, 5.41) is 15.3. The molecule has 4 fully saturated rings. The molecule has 6 rings (SSSR count). The van der Waals surface area contributed by atoms with Crippen molar-refractivity contribution in [1.29, 1.82) is 0 Å². The standard InChI is InChI=1S/C25H29NO4/c1-24(2,30-20-8-7-16-5-3-4-6-17(16)11-20)22(27)26-21-18-9-15-10-19(21)14-25(12-15,13-18)23(28)29/h3-8,11,15,18-19,21H,9-10,12-14H2,1-2H3,(H,26,27)(H,28,29). The second kappa shape index (κ2) is 6.73. The van der Waals surface area contributed by atoms with Crippen LogP contribution in [0.25, 0.3) is 10.8 Å². The fourth-order valence-electron chi connectivity index (χ4n) is 6.42. The molecule has 0 heterocycles. The summed E-state index contributed by atoms with van der Waals surface area (Å²) < 4.78 is 6.12. The zero-order valence-electron chi connectivity index (χ0n) is 17.6. The minimum atomic E-state index is -1.01. The first-order valence-electron chi connectivity index (χ1n) is 11.0. The number of carbonyl (C=O) groups excluding carboxylic acids is 1. The number of nitrogens with one attached hydrogen (secondary N) is 1. The molecule has 2 unspecified atom stereocenters. The number of rotatable bonds is 5. The number of hydrogen-bond donors (Lipinski definition) is 2. The maximum atomic E-state index is 13.2. The molecule has 2 N–H and O–H groups in total. The Balaban J connectivity index is 1.30. The minimum Gasteiger partial charge on any atom is -0.481 e. The van der Waals surface area contributed by atoms with E-state index in [0.29, 0.717) is 24.5 Å². The molecule has 158 valence electrons. The zero-order valence-corrected chi connectivity index (χ0v) is 17.6. The first kappa shape index (κ1) is 19.4. The van der Waals surface area contributed by atoms with Crippen LogP contribution in [0.4, 0.5) is 0 Å². The highest BCUT2D eigenvalue weighted by Crippen LogP contribution is 2.60. The van der Waals surface area contributed by atoms with Crippen molar-refractivity contribution in [2.75, 3.05) is 0 Å². The van der Waals surface area contributed by atoms with Gasteiger partial charge in [-0.25, -0.2) is 0 Å². The molecule has 2 atom stereocenters. The molecule has 0 spiro atoms. The van der Waals surface area contributed by atoms with Crippen LogP contribution in [0.15, 0.2) is 42.5 Å². The van der Waals surface area contributed by atoms with Gasteiger partial charge in [-0.2, -0.15) is 0 Å². The van der Waals surface area contributed by atoms with Gasteiger partial charge in [-0.3, -0.25) is 9.59 Å². The van der Waals surface area contributed by atoms with E-state index in [9.17, 15) is 14.7 Å². The fourth-order valence-corrected chi connectivity index (χ4v) is 6.42. The molecule has 2 aromatic carbocycles. The summed E-state index contributed by atoms with van der Waals surface area (Å²) in [6.45, 7) is 3.60. The number of aliphatic carboxylic acids is 1. The molecule has 5 heteroatoms. The van der Waals surface area contributed by atoms with Gasteiger partial charge in [-0.1, -0.05) is 30.3 Å². The molecule has 4 aliphatic carbocycles. The molecule has 1 amide bonds. The van der Waals surface area contributed by atoms with Crippen LogP contribution in [0.1, 0.15) is 46.0 Å². The highest BCUT2D eigenvalue weighted by Gasteiger charge is 2.59. The summed E-state index contributed by atoms with van der Waals surface area (Å²) >= 11 is 0. The molecule has 4 aliphatic rings. The smallest absolute Gasteiger partial charge is 0.309 e. The third-order valence-corrected chi connectivity index (χ3v) is 7.67. The summed E-state index contributed by atoms with van der Waals surface area (Å²) in [6.07, 6.45) is 4.25. The summed E-state index contributed by atoms with van der Waals surface area (Å²) in [5.41, 5.74) is -1.57. The number of ether oxygens (including phenoxy) is 1. The number of carbonyl (C=O) groups is 2. The number of carboxylic acids is 1. The lowest BCUT2D eigenvalue weighted by molar-refractivity contribution is -0.168. The lowest BCUT2D eigenvalue weighted by Gasteiger charge is -2.58. The Morgan fingerprint density at radius 3 is 2.37 bits per heavy atom. The lowest BCUT2D eigenvalue weighted by atomic mass is 9.48. The van der Waals surface area contributed by atoms with Crippen molar-refractivity contribution in [1.82, 2.24) is 5.32 Å². The van der Waals surface area contributed by atoms with E-state index >= 15 is 0 Å². The lowest BCUT2D eigenvalue weighted by Crippen LogP contribution is -2.63. The van der Waals surface area contributed by atoms with E-state index in [1.807, 2.05) is 42.5 Å². The van der Waals surface area contributed by atoms with E-state index in [0.717, 1.165) is 30.0 Å². The zero-order chi connectivity index (χ0) is 21.1. The Hall–Kier alpha value is -2.56. The summed E-state index contributed by atoms with van der Waals surface area (Å²) in [6, 6.07) is 14.0. The molecule has 5 nitrogen and oxygen atoms in total. The summed E-state index contributed by atoms with van der Waals surface area (Å²) in [5.74, 6) is 0.905. The van der Waals surface area contributed by atoms with Crippen LogP contribution in [-0.2, 0) is 9.59 Å². The number of benzene rings is 2. The Morgan fingerprint density at radius 2 is 1.70 bits per heavy atom. The van der Waals surface area contributed by atoms with Crippen molar-refractivity contribution in [3.63, 3.8) is 0 Å². The Morgan fingerprint density at radius 1 is 1.03 bits per heavy atom. The Bertz CT molecular complexity index is 997. The van der Waals surface area contributed by atoms with Gasteiger partial charge in [0.1, 0.15) is 5.75 Å². The topological polar surface area (TPSA) is 75.6 Å². The third-order valence-electron chi connectivity index (χ3n) is 7.67. The van der Waals surface area contributed by atoms with Gasteiger partial charge < -0.3 is 15.2 Å². The van der Waals surface area contributed by atoms with Gasteiger partial charge >= 0.3 is 5.97 Å². The van der Waals surface area contributed by atoms with Crippen molar-refractivity contribution < 1.29 is 19.4 Å². The highest BCUT2D eigenvalue weighted by molar-refractivity contribution is 5.86. The fraction of sp³-hybridized carbons (Fsp3) is 0.520. The average molecular weight is 408 g/mol. The maximum Gasteiger partial charge on any atom is 0.309 e. The van der Waals surface area contributed by atoms with E-state index in [2.05, 4.69) is 5.32 Å². The van der Waals surface area contributed by atoms with Crippen LogP contribution in [-0.4, -0.2) is 28.6 Å². The van der Waals surface area contributed by atoms with Crippen molar-refractivity contribution in [2.45, 2.75) is 57.6 Å². The molecule has 0 aromatic heterocycles. The number of hydrogen-bond acceptors (Lipinski definition) is 3. The van der Waals surface area contributed by atoms with E-state index < -0.39 is 17.0 Å². The van der Waals surface area contributed by atoms with E-state index in [-0.39, 0.29) is 23.8 Å². The van der Waals surface area contributed by atoms with Gasteiger partial charge in [-0.05, 0) is 86.6 Å². The Kier molecular flexibility index (Phi) is 4.35.